The van der Waals surface area contributed by atoms with Crippen LogP contribution in [0.5, 0.6) is 5.75 Å². The summed E-state index contributed by atoms with van der Waals surface area (Å²) >= 11 is 3.04. The molecular formula is C11H14BrN3O4. The van der Waals surface area contributed by atoms with Crippen LogP contribution in [-0.4, -0.2) is 36.4 Å². The van der Waals surface area contributed by atoms with Crippen LogP contribution in [-0.2, 0) is 4.79 Å². The molecule has 8 heteroatoms. The standard InChI is InChI=1S/C11H14BrN3O4/c1-19-10-6-8(2-3-9(10)15(17)18)13-4-5-14-11(16)7-12/h2-3,6,13H,4-5,7H2,1H3,(H,14,16). The molecule has 0 bridgehead atoms. The highest BCUT2D eigenvalue weighted by Gasteiger charge is 2.14. The van der Waals surface area contributed by atoms with Crippen molar-refractivity contribution in [1.29, 1.82) is 0 Å². The predicted octanol–water partition coefficient (Wildman–Crippen LogP) is 1.53. The highest BCUT2D eigenvalue weighted by Crippen LogP contribution is 2.29. The van der Waals surface area contributed by atoms with Crippen molar-refractivity contribution >= 4 is 33.2 Å². The minimum Gasteiger partial charge on any atom is -0.490 e. The topological polar surface area (TPSA) is 93.5 Å². The molecule has 0 spiro atoms. The smallest absolute Gasteiger partial charge is 0.311 e. The summed E-state index contributed by atoms with van der Waals surface area (Å²) in [5.74, 6) is 0.0996. The number of ether oxygens (including phenoxy) is 1. The molecule has 0 aliphatic rings. The lowest BCUT2D eigenvalue weighted by atomic mass is 10.2. The third-order valence-corrected chi connectivity index (χ3v) is 2.78. The fraction of sp³-hybridized carbons (Fsp3) is 0.364. The van der Waals surface area contributed by atoms with Crippen LogP contribution in [0.3, 0.4) is 0 Å². The maximum Gasteiger partial charge on any atom is 0.311 e. The first-order chi connectivity index (χ1) is 9.08. The van der Waals surface area contributed by atoms with E-state index in [2.05, 4.69) is 26.6 Å². The first kappa shape index (κ1) is 15.2. The van der Waals surface area contributed by atoms with Gasteiger partial charge in [0.15, 0.2) is 5.75 Å². The van der Waals surface area contributed by atoms with E-state index < -0.39 is 4.92 Å². The molecule has 1 aromatic carbocycles. The zero-order chi connectivity index (χ0) is 14.3. The van der Waals surface area contributed by atoms with Gasteiger partial charge < -0.3 is 15.4 Å². The van der Waals surface area contributed by atoms with E-state index >= 15 is 0 Å². The molecule has 0 unspecified atom stereocenters. The molecule has 104 valence electrons. The van der Waals surface area contributed by atoms with Crippen LogP contribution < -0.4 is 15.4 Å². The van der Waals surface area contributed by atoms with Crippen molar-refractivity contribution in [1.82, 2.24) is 5.32 Å². The largest absolute Gasteiger partial charge is 0.490 e. The highest BCUT2D eigenvalue weighted by molar-refractivity contribution is 9.09. The second kappa shape index (κ2) is 7.57. The molecular weight excluding hydrogens is 318 g/mol. The van der Waals surface area contributed by atoms with Gasteiger partial charge in [-0.05, 0) is 6.07 Å². The first-order valence-corrected chi connectivity index (χ1v) is 6.59. The Hall–Kier alpha value is -1.83. The Kier molecular flexibility index (Phi) is 6.07. The fourth-order valence-electron chi connectivity index (χ4n) is 1.39. The van der Waals surface area contributed by atoms with Crippen molar-refractivity contribution in [3.05, 3.63) is 28.3 Å². The van der Waals surface area contributed by atoms with Gasteiger partial charge in [0.1, 0.15) is 0 Å². The SMILES string of the molecule is COc1cc(NCCNC(=O)CBr)ccc1[N+](=O)[O-]. The summed E-state index contributed by atoms with van der Waals surface area (Å²) in [5.41, 5.74) is 0.608. The Morgan fingerprint density at radius 1 is 1.47 bits per heavy atom. The normalized spacial score (nSPS) is 9.79. The zero-order valence-corrected chi connectivity index (χ0v) is 11.9. The number of carbonyl (C=O) groups is 1. The van der Waals surface area contributed by atoms with E-state index in [1.54, 1.807) is 12.1 Å². The molecule has 0 radical (unpaired) electrons. The maximum absolute atomic E-state index is 11.0. The van der Waals surface area contributed by atoms with Gasteiger partial charge in [0.2, 0.25) is 5.91 Å². The second-order valence-corrected chi connectivity index (χ2v) is 4.11. The number of methoxy groups -OCH3 is 1. The van der Waals surface area contributed by atoms with E-state index in [9.17, 15) is 14.9 Å². The van der Waals surface area contributed by atoms with Gasteiger partial charge in [0.25, 0.3) is 0 Å². The van der Waals surface area contributed by atoms with Crippen LogP contribution in [0, 0.1) is 10.1 Å². The van der Waals surface area contributed by atoms with Gasteiger partial charge in [0.05, 0.1) is 17.4 Å². The van der Waals surface area contributed by atoms with Crippen molar-refractivity contribution in [2.45, 2.75) is 0 Å². The van der Waals surface area contributed by atoms with Crippen molar-refractivity contribution in [2.75, 3.05) is 30.8 Å². The average Bonchev–Trinajstić information content (AvgIpc) is 2.42. The third-order valence-electron chi connectivity index (χ3n) is 2.27. The zero-order valence-electron chi connectivity index (χ0n) is 10.3. The van der Waals surface area contributed by atoms with Gasteiger partial charge in [-0.25, -0.2) is 0 Å². The summed E-state index contributed by atoms with van der Waals surface area (Å²) in [6.45, 7) is 0.976. The van der Waals surface area contributed by atoms with Crippen molar-refractivity contribution in [2.24, 2.45) is 0 Å². The lowest BCUT2D eigenvalue weighted by Gasteiger charge is -2.09. The quantitative estimate of drug-likeness (QED) is 0.342. The number of alkyl halides is 1. The van der Waals surface area contributed by atoms with Gasteiger partial charge in [-0.3, -0.25) is 14.9 Å². The molecule has 0 atom stereocenters. The summed E-state index contributed by atoms with van der Waals surface area (Å²) in [7, 11) is 1.38. The van der Waals surface area contributed by atoms with E-state index in [4.69, 9.17) is 4.74 Å². The van der Waals surface area contributed by atoms with Gasteiger partial charge in [0, 0.05) is 30.9 Å². The number of benzene rings is 1. The lowest BCUT2D eigenvalue weighted by molar-refractivity contribution is -0.385. The second-order valence-electron chi connectivity index (χ2n) is 3.55. The summed E-state index contributed by atoms with van der Waals surface area (Å²) in [6, 6.07) is 4.51. The number of nitrogens with one attached hydrogen (secondary N) is 2. The van der Waals surface area contributed by atoms with Crippen LogP contribution in [0.1, 0.15) is 0 Å². The number of anilines is 1. The minimum absolute atomic E-state index is 0.0827. The van der Waals surface area contributed by atoms with E-state index in [1.165, 1.54) is 13.2 Å². The molecule has 1 aromatic rings. The summed E-state index contributed by atoms with van der Waals surface area (Å²) in [5, 5.41) is 16.7. The van der Waals surface area contributed by atoms with E-state index in [1.807, 2.05) is 0 Å². The van der Waals surface area contributed by atoms with Crippen LogP contribution in [0.15, 0.2) is 18.2 Å². The first-order valence-electron chi connectivity index (χ1n) is 5.47. The van der Waals surface area contributed by atoms with Crippen molar-refractivity contribution in [3.8, 4) is 5.75 Å². The Morgan fingerprint density at radius 2 is 2.21 bits per heavy atom. The molecule has 1 amide bonds. The summed E-state index contributed by atoms with van der Waals surface area (Å²) in [6.07, 6.45) is 0. The number of amides is 1. The van der Waals surface area contributed by atoms with Gasteiger partial charge >= 0.3 is 5.69 Å². The highest BCUT2D eigenvalue weighted by atomic mass is 79.9. The number of nitrogens with zero attached hydrogens (tertiary/aromatic N) is 1. The third kappa shape index (κ3) is 4.74. The number of rotatable bonds is 7. The Labute approximate surface area is 118 Å². The molecule has 0 aliphatic heterocycles. The number of hydrogen-bond acceptors (Lipinski definition) is 5. The van der Waals surface area contributed by atoms with Gasteiger partial charge in [-0.1, -0.05) is 15.9 Å². The lowest BCUT2D eigenvalue weighted by Crippen LogP contribution is -2.29. The molecule has 0 saturated carbocycles. The molecule has 0 aromatic heterocycles. The Morgan fingerprint density at radius 3 is 2.79 bits per heavy atom. The fourth-order valence-corrected chi connectivity index (χ4v) is 1.59. The Bertz CT molecular complexity index is 467. The number of halogens is 1. The minimum atomic E-state index is -0.501. The van der Waals surface area contributed by atoms with Crippen molar-refractivity contribution < 1.29 is 14.5 Å². The Balaban J connectivity index is 2.55. The molecule has 0 fully saturated rings. The van der Waals surface area contributed by atoms with Crippen LogP contribution in [0.2, 0.25) is 0 Å². The van der Waals surface area contributed by atoms with E-state index in [0.29, 0.717) is 18.8 Å². The maximum atomic E-state index is 11.0. The number of carbonyl (C=O) groups excluding carboxylic acids is 1. The molecule has 1 rings (SSSR count). The molecule has 0 aliphatic carbocycles. The molecule has 19 heavy (non-hydrogen) atoms. The monoisotopic (exact) mass is 331 g/mol. The number of nitro benzene ring substituents is 1. The summed E-state index contributed by atoms with van der Waals surface area (Å²) < 4.78 is 4.95. The van der Waals surface area contributed by atoms with Crippen molar-refractivity contribution in [3.63, 3.8) is 0 Å². The molecule has 0 saturated heterocycles. The number of hydrogen-bond donors (Lipinski definition) is 2. The summed E-state index contributed by atoms with van der Waals surface area (Å²) in [4.78, 5) is 21.2. The van der Waals surface area contributed by atoms with E-state index in [-0.39, 0.29) is 22.7 Å². The van der Waals surface area contributed by atoms with Crippen LogP contribution >= 0.6 is 15.9 Å². The molecule has 7 nitrogen and oxygen atoms in total. The van der Waals surface area contributed by atoms with Crippen LogP contribution in [0.4, 0.5) is 11.4 Å². The van der Waals surface area contributed by atoms with Crippen LogP contribution in [0.25, 0.3) is 0 Å². The predicted molar refractivity (Wildman–Crippen MR) is 74.9 cm³/mol. The number of nitro groups is 1. The van der Waals surface area contributed by atoms with E-state index in [0.717, 1.165) is 0 Å². The van der Waals surface area contributed by atoms with Gasteiger partial charge in [-0.2, -0.15) is 0 Å². The molecule has 2 N–H and O–H groups in total. The molecule has 0 heterocycles. The average molecular weight is 332 g/mol. The van der Waals surface area contributed by atoms with Gasteiger partial charge in [-0.15, -0.1) is 0 Å².